The number of aldehydes is 1. The quantitative estimate of drug-likeness (QED) is 0.594. The molecular weight excluding hydrogens is 288 g/mol. The maximum atomic E-state index is 11.9. The van der Waals surface area contributed by atoms with Gasteiger partial charge in [-0.2, -0.15) is 0 Å². The first-order chi connectivity index (χ1) is 10.7. The lowest BCUT2D eigenvalue weighted by molar-refractivity contribution is -0.162. The van der Waals surface area contributed by atoms with Crippen LogP contribution in [0.25, 0.3) is 0 Å². The molecule has 5 atom stereocenters. The number of carboxylic acids is 1. The molecule has 0 bridgehead atoms. The maximum Gasteiger partial charge on any atom is 0.309 e. The zero-order chi connectivity index (χ0) is 17.3. The Morgan fingerprint density at radius 1 is 1.30 bits per heavy atom. The molecule has 0 radical (unpaired) electrons. The molecule has 0 amide bonds. The standard InChI is InChI=1S/C20H30O3/c1-5-18(2)12-7-15(8-13-18)19(3)10-6-11-20(4,17(22)23)16(19)9-14-21/h5,7,12,14-16H,1,6,8-11,13H2,2-4H3,(H,22,23)/t15-,16-,18+,19-,20+/m0/s1. The van der Waals surface area contributed by atoms with E-state index in [0.717, 1.165) is 32.0 Å². The van der Waals surface area contributed by atoms with Crippen molar-refractivity contribution < 1.29 is 14.7 Å². The van der Waals surface area contributed by atoms with E-state index in [0.29, 0.717) is 18.8 Å². The minimum absolute atomic E-state index is 0.0395. The third-order valence-electron chi connectivity index (χ3n) is 6.81. The third kappa shape index (κ3) is 3.02. The summed E-state index contributed by atoms with van der Waals surface area (Å²) >= 11 is 0. The molecule has 0 unspecified atom stereocenters. The molecule has 2 rings (SSSR count). The average Bonchev–Trinajstić information content (AvgIpc) is 2.51. The van der Waals surface area contributed by atoms with Gasteiger partial charge in [-0.25, -0.2) is 0 Å². The van der Waals surface area contributed by atoms with Crippen LogP contribution >= 0.6 is 0 Å². The van der Waals surface area contributed by atoms with Crippen molar-refractivity contribution in [2.24, 2.45) is 28.1 Å². The molecule has 0 aromatic heterocycles. The van der Waals surface area contributed by atoms with Gasteiger partial charge >= 0.3 is 5.97 Å². The fourth-order valence-electron chi connectivity index (χ4n) is 4.94. The predicted molar refractivity (Wildman–Crippen MR) is 92.0 cm³/mol. The number of aliphatic carboxylic acids is 1. The lowest BCUT2D eigenvalue weighted by Gasteiger charge is -2.54. The second kappa shape index (κ2) is 6.26. The summed E-state index contributed by atoms with van der Waals surface area (Å²) < 4.78 is 0. The Labute approximate surface area is 139 Å². The summed E-state index contributed by atoms with van der Waals surface area (Å²) in [4.78, 5) is 23.2. The van der Waals surface area contributed by atoms with Crippen molar-refractivity contribution in [2.45, 2.75) is 59.3 Å². The normalized spacial score (nSPS) is 43.8. The van der Waals surface area contributed by atoms with E-state index in [1.165, 1.54) is 0 Å². The first-order valence-corrected chi connectivity index (χ1v) is 8.72. The van der Waals surface area contributed by atoms with Gasteiger partial charge in [-0.15, -0.1) is 6.58 Å². The van der Waals surface area contributed by atoms with E-state index in [-0.39, 0.29) is 16.7 Å². The van der Waals surface area contributed by atoms with Crippen LogP contribution in [0.2, 0.25) is 0 Å². The van der Waals surface area contributed by atoms with Gasteiger partial charge in [-0.1, -0.05) is 38.5 Å². The highest BCUT2D eigenvalue weighted by Crippen LogP contribution is 2.58. The van der Waals surface area contributed by atoms with Crippen LogP contribution in [0.3, 0.4) is 0 Å². The van der Waals surface area contributed by atoms with E-state index in [9.17, 15) is 14.7 Å². The number of carbonyl (C=O) groups excluding carboxylic acids is 1. The molecule has 3 nitrogen and oxygen atoms in total. The zero-order valence-corrected chi connectivity index (χ0v) is 14.7. The number of rotatable bonds is 5. The highest BCUT2D eigenvalue weighted by molar-refractivity contribution is 5.75. The van der Waals surface area contributed by atoms with Crippen LogP contribution in [0.1, 0.15) is 59.3 Å². The fourth-order valence-corrected chi connectivity index (χ4v) is 4.94. The zero-order valence-electron chi connectivity index (χ0n) is 14.7. The molecule has 1 saturated carbocycles. The number of hydrogen-bond donors (Lipinski definition) is 1. The molecule has 3 heteroatoms. The smallest absolute Gasteiger partial charge is 0.309 e. The second-order valence-electron chi connectivity index (χ2n) is 8.25. The predicted octanol–water partition coefficient (Wildman–Crippen LogP) is 4.63. The molecule has 1 fully saturated rings. The molecule has 2 aliphatic rings. The summed E-state index contributed by atoms with van der Waals surface area (Å²) in [6, 6.07) is 0. The van der Waals surface area contributed by atoms with E-state index < -0.39 is 11.4 Å². The molecule has 0 aromatic rings. The summed E-state index contributed by atoms with van der Waals surface area (Å²) in [5.74, 6) is -0.535. The van der Waals surface area contributed by atoms with Gasteiger partial charge in [-0.3, -0.25) is 4.79 Å². The number of carboxylic acid groups (broad SMARTS) is 1. The van der Waals surface area contributed by atoms with Gasteiger partial charge in [0.15, 0.2) is 0 Å². The van der Waals surface area contributed by atoms with Crippen LogP contribution in [-0.4, -0.2) is 17.4 Å². The molecular formula is C20H30O3. The van der Waals surface area contributed by atoms with Crippen LogP contribution in [0.15, 0.2) is 24.8 Å². The van der Waals surface area contributed by atoms with Crippen molar-refractivity contribution in [3.63, 3.8) is 0 Å². The van der Waals surface area contributed by atoms with E-state index in [1.807, 2.05) is 13.0 Å². The number of allylic oxidation sites excluding steroid dienone is 3. The number of hydrogen-bond acceptors (Lipinski definition) is 2. The lowest BCUT2D eigenvalue weighted by Crippen LogP contribution is -2.51. The van der Waals surface area contributed by atoms with Crippen LogP contribution in [0, 0.1) is 28.1 Å². The molecule has 1 N–H and O–H groups in total. The molecule has 2 aliphatic carbocycles. The van der Waals surface area contributed by atoms with Gasteiger partial charge in [-0.05, 0) is 49.9 Å². The summed E-state index contributed by atoms with van der Waals surface area (Å²) in [7, 11) is 0. The molecule has 0 saturated heterocycles. The van der Waals surface area contributed by atoms with Crippen LogP contribution < -0.4 is 0 Å². The SMILES string of the molecule is C=C[C@]1(C)C=C[C@H]([C@]2(C)CCC[C@@](C)(C(=O)O)[C@H]2CC=O)CC1. The first kappa shape index (κ1) is 18.0. The summed E-state index contributed by atoms with van der Waals surface area (Å²) in [5, 5.41) is 9.80. The van der Waals surface area contributed by atoms with Gasteiger partial charge in [0.2, 0.25) is 0 Å². The van der Waals surface area contributed by atoms with Crippen molar-refractivity contribution in [1.82, 2.24) is 0 Å². The average molecular weight is 318 g/mol. The third-order valence-corrected chi connectivity index (χ3v) is 6.81. The minimum Gasteiger partial charge on any atom is -0.481 e. The molecule has 128 valence electrons. The van der Waals surface area contributed by atoms with Crippen LogP contribution in [-0.2, 0) is 9.59 Å². The molecule has 23 heavy (non-hydrogen) atoms. The highest BCUT2D eigenvalue weighted by atomic mass is 16.4. The first-order valence-electron chi connectivity index (χ1n) is 8.72. The second-order valence-corrected chi connectivity index (χ2v) is 8.25. The minimum atomic E-state index is -0.805. The van der Waals surface area contributed by atoms with Gasteiger partial charge < -0.3 is 9.90 Å². The lowest BCUT2D eigenvalue weighted by atomic mass is 9.49. The largest absolute Gasteiger partial charge is 0.481 e. The van der Waals surface area contributed by atoms with E-state index in [2.05, 4.69) is 32.6 Å². The molecule has 0 aliphatic heterocycles. The van der Waals surface area contributed by atoms with Gasteiger partial charge in [0.25, 0.3) is 0 Å². The molecule has 0 aromatic carbocycles. The molecule has 0 heterocycles. The Kier molecular flexibility index (Phi) is 4.89. The monoisotopic (exact) mass is 318 g/mol. The Bertz CT molecular complexity index is 523. The van der Waals surface area contributed by atoms with E-state index in [4.69, 9.17) is 0 Å². The highest BCUT2D eigenvalue weighted by Gasteiger charge is 2.55. The Morgan fingerprint density at radius 3 is 2.48 bits per heavy atom. The van der Waals surface area contributed by atoms with Crippen molar-refractivity contribution in [3.05, 3.63) is 24.8 Å². The summed E-state index contributed by atoms with van der Waals surface area (Å²) in [6.45, 7) is 10.1. The molecule has 0 spiro atoms. The van der Waals surface area contributed by atoms with Crippen LogP contribution in [0.4, 0.5) is 0 Å². The summed E-state index contributed by atoms with van der Waals surface area (Å²) in [5.41, 5.74) is -0.899. The van der Waals surface area contributed by atoms with Crippen molar-refractivity contribution >= 4 is 12.3 Å². The Balaban J connectivity index is 2.37. The topological polar surface area (TPSA) is 54.4 Å². The fraction of sp³-hybridized carbons (Fsp3) is 0.700. The van der Waals surface area contributed by atoms with Crippen molar-refractivity contribution in [3.8, 4) is 0 Å². The number of carbonyl (C=O) groups is 2. The Hall–Kier alpha value is -1.38. The van der Waals surface area contributed by atoms with Gasteiger partial charge in [0, 0.05) is 11.8 Å². The Morgan fingerprint density at radius 2 is 2.00 bits per heavy atom. The van der Waals surface area contributed by atoms with Gasteiger partial charge in [0.1, 0.15) is 6.29 Å². The van der Waals surface area contributed by atoms with Crippen molar-refractivity contribution in [1.29, 1.82) is 0 Å². The van der Waals surface area contributed by atoms with E-state index in [1.54, 1.807) is 0 Å². The van der Waals surface area contributed by atoms with E-state index >= 15 is 0 Å². The van der Waals surface area contributed by atoms with Gasteiger partial charge in [0.05, 0.1) is 5.41 Å². The van der Waals surface area contributed by atoms with Crippen LogP contribution in [0.5, 0.6) is 0 Å². The summed E-state index contributed by atoms with van der Waals surface area (Å²) in [6.07, 6.45) is 12.4. The van der Waals surface area contributed by atoms with Crippen molar-refractivity contribution in [2.75, 3.05) is 0 Å². The maximum absolute atomic E-state index is 11.9.